The second-order valence-electron chi connectivity index (χ2n) is 5.79. The smallest absolute Gasteiger partial charge is 0.182 e. The molecule has 3 aromatic rings. The van der Waals surface area contributed by atoms with E-state index in [-0.39, 0.29) is 0 Å². The molecule has 0 unspecified atom stereocenters. The van der Waals surface area contributed by atoms with Crippen LogP contribution in [0.25, 0.3) is 0 Å². The van der Waals surface area contributed by atoms with Gasteiger partial charge in [0.05, 0.1) is 6.61 Å². The van der Waals surface area contributed by atoms with Crippen molar-refractivity contribution in [3.05, 3.63) is 69.7 Å². The maximum absolute atomic E-state index is 6.45. The van der Waals surface area contributed by atoms with Crippen LogP contribution in [-0.4, -0.2) is 11.6 Å². The van der Waals surface area contributed by atoms with Gasteiger partial charge in [0.2, 0.25) is 0 Å². The lowest BCUT2D eigenvalue weighted by Gasteiger charge is -2.15. The normalized spacial score (nSPS) is 10.6. The van der Waals surface area contributed by atoms with Gasteiger partial charge in [0.25, 0.3) is 0 Å². The van der Waals surface area contributed by atoms with E-state index in [0.717, 1.165) is 16.3 Å². The topological polar surface area (TPSA) is 43.4 Å². The van der Waals surface area contributed by atoms with E-state index in [1.165, 1.54) is 5.56 Å². The maximum Gasteiger partial charge on any atom is 0.182 e. The molecule has 6 heteroatoms. The Kier molecular flexibility index (Phi) is 6.36. The average Bonchev–Trinajstić information content (AvgIpc) is 3.15. The second-order valence-corrected chi connectivity index (χ2v) is 7.09. The van der Waals surface area contributed by atoms with Gasteiger partial charge in [-0.3, -0.25) is 0 Å². The zero-order chi connectivity index (χ0) is 18.4. The highest BCUT2D eigenvalue weighted by Gasteiger charge is 2.12. The van der Waals surface area contributed by atoms with E-state index < -0.39 is 0 Å². The minimum absolute atomic E-state index is 0.466. The van der Waals surface area contributed by atoms with Crippen molar-refractivity contribution in [3.63, 3.8) is 0 Å². The molecule has 136 valence electrons. The molecule has 1 aromatic heterocycles. The van der Waals surface area contributed by atoms with Crippen LogP contribution < -0.4 is 14.8 Å². The summed E-state index contributed by atoms with van der Waals surface area (Å²) in [4.78, 5) is 4.21. The van der Waals surface area contributed by atoms with Crippen LogP contribution in [0.5, 0.6) is 11.5 Å². The van der Waals surface area contributed by atoms with Crippen molar-refractivity contribution in [1.29, 1.82) is 0 Å². The predicted octanol–water partition coefficient (Wildman–Crippen LogP) is 5.69. The van der Waals surface area contributed by atoms with Crippen LogP contribution in [0.2, 0.25) is 5.02 Å². The lowest BCUT2D eigenvalue weighted by atomic mass is 10.1. The summed E-state index contributed by atoms with van der Waals surface area (Å²) in [6.07, 6.45) is 1.77. The van der Waals surface area contributed by atoms with E-state index in [1.54, 1.807) is 17.5 Å². The number of halogens is 1. The van der Waals surface area contributed by atoms with Crippen LogP contribution in [0.1, 0.15) is 23.6 Å². The molecule has 0 aliphatic carbocycles. The van der Waals surface area contributed by atoms with Crippen LogP contribution >= 0.6 is 22.9 Å². The molecule has 0 amide bonds. The van der Waals surface area contributed by atoms with E-state index in [9.17, 15) is 0 Å². The van der Waals surface area contributed by atoms with Crippen molar-refractivity contribution in [2.75, 3.05) is 11.9 Å². The Balaban J connectivity index is 1.73. The van der Waals surface area contributed by atoms with E-state index >= 15 is 0 Å². The predicted molar refractivity (Wildman–Crippen MR) is 108 cm³/mol. The van der Waals surface area contributed by atoms with Crippen molar-refractivity contribution in [3.8, 4) is 11.5 Å². The first-order valence-corrected chi connectivity index (χ1v) is 9.68. The Bertz CT molecular complexity index is 836. The van der Waals surface area contributed by atoms with E-state index in [0.29, 0.717) is 36.3 Å². The van der Waals surface area contributed by atoms with Crippen LogP contribution in [0, 0.1) is 6.92 Å². The zero-order valence-corrected chi connectivity index (χ0v) is 16.4. The van der Waals surface area contributed by atoms with Crippen molar-refractivity contribution in [2.45, 2.75) is 27.0 Å². The molecule has 0 saturated heterocycles. The molecule has 0 spiro atoms. The number of hydrogen-bond acceptors (Lipinski definition) is 5. The number of nitrogens with one attached hydrogen (secondary N) is 1. The number of rotatable bonds is 8. The van der Waals surface area contributed by atoms with Gasteiger partial charge in [-0.2, -0.15) is 0 Å². The molecule has 0 atom stereocenters. The monoisotopic (exact) mass is 388 g/mol. The molecule has 2 aromatic carbocycles. The minimum Gasteiger partial charge on any atom is -0.490 e. The Morgan fingerprint density at radius 2 is 1.88 bits per heavy atom. The largest absolute Gasteiger partial charge is 0.490 e. The molecule has 0 fully saturated rings. The number of anilines is 1. The van der Waals surface area contributed by atoms with Gasteiger partial charge >= 0.3 is 0 Å². The number of aryl methyl sites for hydroxylation is 1. The van der Waals surface area contributed by atoms with Gasteiger partial charge in [-0.05, 0) is 31.0 Å². The summed E-state index contributed by atoms with van der Waals surface area (Å²) in [5.41, 5.74) is 3.26. The number of ether oxygens (including phenoxy) is 2. The molecule has 0 bridgehead atoms. The molecule has 3 rings (SSSR count). The van der Waals surface area contributed by atoms with E-state index in [1.807, 2.05) is 24.4 Å². The van der Waals surface area contributed by atoms with E-state index in [4.69, 9.17) is 21.1 Å². The number of aromatic nitrogens is 1. The minimum atomic E-state index is 0.466. The van der Waals surface area contributed by atoms with Crippen molar-refractivity contribution in [1.82, 2.24) is 4.98 Å². The quantitative estimate of drug-likeness (QED) is 0.538. The molecular formula is C20H21ClN2O2S. The molecule has 0 aliphatic heterocycles. The highest BCUT2D eigenvalue weighted by atomic mass is 35.5. The van der Waals surface area contributed by atoms with Crippen LogP contribution in [0.15, 0.2) is 48.0 Å². The third-order valence-corrected chi connectivity index (χ3v) is 4.87. The summed E-state index contributed by atoms with van der Waals surface area (Å²) in [7, 11) is 0. The van der Waals surface area contributed by atoms with Crippen molar-refractivity contribution >= 4 is 28.1 Å². The molecule has 0 saturated carbocycles. The first-order valence-electron chi connectivity index (χ1n) is 8.42. The zero-order valence-electron chi connectivity index (χ0n) is 14.8. The van der Waals surface area contributed by atoms with Gasteiger partial charge in [0, 0.05) is 29.2 Å². The fourth-order valence-electron chi connectivity index (χ4n) is 2.42. The number of nitrogens with zero attached hydrogens (tertiary/aromatic N) is 1. The SMILES string of the molecule is CCOc1cc(CNc2nccs2)c(Cl)cc1OCc1ccc(C)cc1. The third kappa shape index (κ3) is 4.90. The Hall–Kier alpha value is -2.24. The molecule has 26 heavy (non-hydrogen) atoms. The lowest BCUT2D eigenvalue weighted by Crippen LogP contribution is -2.04. The Labute approximate surface area is 162 Å². The van der Waals surface area contributed by atoms with E-state index in [2.05, 4.69) is 41.5 Å². The average molecular weight is 389 g/mol. The Morgan fingerprint density at radius 3 is 2.58 bits per heavy atom. The first-order chi connectivity index (χ1) is 12.7. The summed E-state index contributed by atoms with van der Waals surface area (Å²) in [6.45, 7) is 5.61. The second kappa shape index (κ2) is 8.92. The van der Waals surface area contributed by atoms with Crippen molar-refractivity contribution in [2.24, 2.45) is 0 Å². The summed E-state index contributed by atoms with van der Waals surface area (Å²) < 4.78 is 11.7. The molecule has 0 radical (unpaired) electrons. The first kappa shape index (κ1) is 18.5. The van der Waals surface area contributed by atoms with Crippen molar-refractivity contribution < 1.29 is 9.47 Å². The van der Waals surface area contributed by atoms with Gasteiger partial charge in [-0.15, -0.1) is 11.3 Å². The maximum atomic E-state index is 6.45. The van der Waals surface area contributed by atoms with Gasteiger partial charge in [0.15, 0.2) is 16.6 Å². The Morgan fingerprint density at radius 1 is 1.12 bits per heavy atom. The van der Waals surface area contributed by atoms with Crippen LogP contribution in [-0.2, 0) is 13.2 Å². The van der Waals surface area contributed by atoms with Gasteiger partial charge in [-0.1, -0.05) is 41.4 Å². The molecule has 1 N–H and O–H groups in total. The fourth-order valence-corrected chi connectivity index (χ4v) is 3.17. The lowest BCUT2D eigenvalue weighted by molar-refractivity contribution is 0.269. The fraction of sp³-hybridized carbons (Fsp3) is 0.250. The summed E-state index contributed by atoms with van der Waals surface area (Å²) in [5, 5.41) is 6.68. The molecule has 1 heterocycles. The van der Waals surface area contributed by atoms with Gasteiger partial charge in [-0.25, -0.2) is 4.98 Å². The number of thiazole rings is 1. The van der Waals surface area contributed by atoms with Gasteiger partial charge < -0.3 is 14.8 Å². The summed E-state index contributed by atoms with van der Waals surface area (Å²) in [6, 6.07) is 12.0. The standard InChI is InChI=1S/C20H21ClN2O2S/c1-3-24-18-10-16(12-23-20-22-8-9-26-20)17(21)11-19(18)25-13-15-6-4-14(2)5-7-15/h4-11H,3,12-13H2,1-2H3,(H,22,23). The van der Waals surface area contributed by atoms with Crippen LogP contribution in [0.4, 0.5) is 5.13 Å². The molecular weight excluding hydrogens is 368 g/mol. The molecule has 4 nitrogen and oxygen atoms in total. The third-order valence-electron chi connectivity index (χ3n) is 3.79. The van der Waals surface area contributed by atoms with Gasteiger partial charge in [0.1, 0.15) is 6.61 Å². The van der Waals surface area contributed by atoms with Crippen LogP contribution in [0.3, 0.4) is 0 Å². The number of hydrogen-bond donors (Lipinski definition) is 1. The molecule has 0 aliphatic rings. The highest BCUT2D eigenvalue weighted by Crippen LogP contribution is 2.34. The summed E-state index contributed by atoms with van der Waals surface area (Å²) in [5.74, 6) is 1.34. The summed E-state index contributed by atoms with van der Waals surface area (Å²) >= 11 is 8.00. The number of benzene rings is 2. The highest BCUT2D eigenvalue weighted by molar-refractivity contribution is 7.13.